The van der Waals surface area contributed by atoms with E-state index in [1.54, 1.807) is 12.4 Å². The summed E-state index contributed by atoms with van der Waals surface area (Å²) >= 11 is 1.14. The van der Waals surface area contributed by atoms with Crippen LogP contribution >= 0.6 is 11.8 Å². The molecule has 0 bridgehead atoms. The molecule has 0 atom stereocenters. The second-order valence-electron chi connectivity index (χ2n) is 6.17. The summed E-state index contributed by atoms with van der Waals surface area (Å²) in [5, 5.41) is 11.4. The Morgan fingerprint density at radius 3 is 2.53 bits per heavy atom. The molecule has 0 saturated carbocycles. The summed E-state index contributed by atoms with van der Waals surface area (Å²) in [6, 6.07) is 16.0. The first kappa shape index (κ1) is 19.7. The van der Waals surface area contributed by atoms with Gasteiger partial charge in [-0.15, -0.1) is 10.2 Å². The molecule has 2 heterocycles. The van der Waals surface area contributed by atoms with Crippen molar-refractivity contribution in [3.63, 3.8) is 0 Å². The lowest BCUT2D eigenvalue weighted by Gasteiger charge is -2.10. The maximum Gasteiger partial charge on any atom is 0.234 e. The molecule has 2 aromatic carbocycles. The number of nitrogens with zero attached hydrogens (tertiary/aromatic N) is 4. The molecule has 150 valence electrons. The first-order chi connectivity index (χ1) is 14.6. The van der Waals surface area contributed by atoms with Crippen molar-refractivity contribution in [1.82, 2.24) is 19.7 Å². The summed E-state index contributed by atoms with van der Waals surface area (Å²) in [6.07, 6.45) is 3.32. The van der Waals surface area contributed by atoms with Crippen LogP contribution in [0.3, 0.4) is 0 Å². The van der Waals surface area contributed by atoms with E-state index >= 15 is 0 Å². The summed E-state index contributed by atoms with van der Waals surface area (Å²) in [7, 11) is 0. The lowest BCUT2D eigenvalue weighted by molar-refractivity contribution is -0.113. The third-order valence-corrected chi connectivity index (χ3v) is 5.05. The lowest BCUT2D eigenvalue weighted by atomic mass is 10.2. The molecular formula is C21H15F2N5OS. The molecule has 0 saturated heterocycles. The van der Waals surface area contributed by atoms with Crippen LogP contribution < -0.4 is 5.32 Å². The Morgan fingerprint density at radius 1 is 1.00 bits per heavy atom. The van der Waals surface area contributed by atoms with E-state index in [0.717, 1.165) is 41.2 Å². The quantitative estimate of drug-likeness (QED) is 0.467. The van der Waals surface area contributed by atoms with Crippen LogP contribution in [0.5, 0.6) is 0 Å². The molecule has 1 N–H and O–H groups in total. The molecule has 30 heavy (non-hydrogen) atoms. The standard InChI is InChI=1S/C21H15F2N5OS/c22-15-6-7-17(23)18(12-15)25-19(29)13-30-21-27-26-20(14-8-10-24-11-9-14)28(21)16-4-2-1-3-5-16/h1-12H,13H2,(H,25,29). The minimum absolute atomic E-state index is 0.0583. The summed E-state index contributed by atoms with van der Waals surface area (Å²) in [6.45, 7) is 0. The monoisotopic (exact) mass is 423 g/mol. The van der Waals surface area contributed by atoms with Gasteiger partial charge in [0.05, 0.1) is 11.4 Å². The summed E-state index contributed by atoms with van der Waals surface area (Å²) in [4.78, 5) is 16.3. The van der Waals surface area contributed by atoms with E-state index in [1.807, 2.05) is 47.0 Å². The van der Waals surface area contributed by atoms with Gasteiger partial charge in [-0.05, 0) is 36.4 Å². The third kappa shape index (κ3) is 4.36. The molecule has 0 aliphatic rings. The molecule has 4 aromatic rings. The Bertz CT molecular complexity index is 1170. The number of hydrogen-bond donors (Lipinski definition) is 1. The Kier molecular flexibility index (Phi) is 5.80. The number of halogens is 2. The molecule has 0 fully saturated rings. The predicted molar refractivity (Wildman–Crippen MR) is 110 cm³/mol. The van der Waals surface area contributed by atoms with Crippen molar-refractivity contribution in [3.8, 4) is 17.1 Å². The van der Waals surface area contributed by atoms with E-state index < -0.39 is 17.5 Å². The van der Waals surface area contributed by atoms with Crippen molar-refractivity contribution in [2.45, 2.75) is 5.16 Å². The van der Waals surface area contributed by atoms with Gasteiger partial charge in [-0.3, -0.25) is 14.3 Å². The number of hydrogen-bond acceptors (Lipinski definition) is 5. The number of aromatic nitrogens is 4. The van der Waals surface area contributed by atoms with E-state index in [4.69, 9.17) is 0 Å². The Hall–Kier alpha value is -3.59. The average molecular weight is 423 g/mol. The van der Waals surface area contributed by atoms with Crippen molar-refractivity contribution in [2.24, 2.45) is 0 Å². The van der Waals surface area contributed by atoms with Crippen LogP contribution in [0.1, 0.15) is 0 Å². The number of anilines is 1. The number of nitrogens with one attached hydrogen (secondary N) is 1. The van der Waals surface area contributed by atoms with Crippen molar-refractivity contribution >= 4 is 23.4 Å². The van der Waals surface area contributed by atoms with Gasteiger partial charge in [-0.2, -0.15) is 0 Å². The van der Waals surface area contributed by atoms with E-state index in [0.29, 0.717) is 11.0 Å². The predicted octanol–water partition coefficient (Wildman–Crippen LogP) is 4.34. The molecule has 0 spiro atoms. The molecular weight excluding hydrogens is 408 g/mol. The van der Waals surface area contributed by atoms with Gasteiger partial charge in [0.25, 0.3) is 0 Å². The van der Waals surface area contributed by atoms with E-state index in [-0.39, 0.29) is 11.4 Å². The van der Waals surface area contributed by atoms with Crippen molar-refractivity contribution < 1.29 is 13.6 Å². The molecule has 0 aliphatic heterocycles. The molecule has 0 unspecified atom stereocenters. The van der Waals surface area contributed by atoms with Gasteiger partial charge in [0, 0.05) is 29.7 Å². The molecule has 2 aromatic heterocycles. The van der Waals surface area contributed by atoms with Gasteiger partial charge in [-0.1, -0.05) is 30.0 Å². The fourth-order valence-electron chi connectivity index (χ4n) is 2.77. The Morgan fingerprint density at radius 2 is 1.77 bits per heavy atom. The molecule has 9 heteroatoms. The second kappa shape index (κ2) is 8.83. The van der Waals surface area contributed by atoms with Crippen LogP contribution in [0.25, 0.3) is 17.1 Å². The lowest BCUT2D eigenvalue weighted by Crippen LogP contribution is -2.15. The first-order valence-electron chi connectivity index (χ1n) is 8.91. The van der Waals surface area contributed by atoms with Crippen LogP contribution in [0.4, 0.5) is 14.5 Å². The topological polar surface area (TPSA) is 72.7 Å². The number of pyridine rings is 1. The molecule has 6 nitrogen and oxygen atoms in total. The number of thioether (sulfide) groups is 1. The number of rotatable bonds is 6. The third-order valence-electron chi connectivity index (χ3n) is 4.12. The van der Waals surface area contributed by atoms with Crippen molar-refractivity contribution in [3.05, 3.63) is 84.7 Å². The Balaban J connectivity index is 1.58. The maximum absolute atomic E-state index is 13.7. The van der Waals surface area contributed by atoms with E-state index in [2.05, 4.69) is 20.5 Å². The summed E-state index contributed by atoms with van der Waals surface area (Å²) in [5.74, 6) is -1.29. The zero-order valence-electron chi connectivity index (χ0n) is 15.5. The summed E-state index contributed by atoms with van der Waals surface area (Å²) < 4.78 is 28.9. The Labute approximate surface area is 175 Å². The highest BCUT2D eigenvalue weighted by molar-refractivity contribution is 7.99. The zero-order chi connectivity index (χ0) is 20.9. The number of carbonyl (C=O) groups excluding carboxylic acids is 1. The van der Waals surface area contributed by atoms with Crippen molar-refractivity contribution in [1.29, 1.82) is 0 Å². The molecule has 4 rings (SSSR count). The fourth-order valence-corrected chi connectivity index (χ4v) is 3.52. The van der Waals surface area contributed by atoms with Crippen LogP contribution in [0.15, 0.2) is 78.2 Å². The number of para-hydroxylation sites is 1. The van der Waals surface area contributed by atoms with Crippen LogP contribution in [-0.4, -0.2) is 31.4 Å². The minimum Gasteiger partial charge on any atom is -0.323 e. The van der Waals surface area contributed by atoms with E-state index in [9.17, 15) is 13.6 Å². The summed E-state index contributed by atoms with van der Waals surface area (Å²) in [5.41, 5.74) is 1.44. The zero-order valence-corrected chi connectivity index (χ0v) is 16.3. The van der Waals surface area contributed by atoms with Gasteiger partial charge in [0.1, 0.15) is 11.6 Å². The van der Waals surface area contributed by atoms with E-state index in [1.165, 1.54) is 0 Å². The molecule has 0 radical (unpaired) electrons. The van der Waals surface area contributed by atoms with Crippen molar-refractivity contribution in [2.75, 3.05) is 11.1 Å². The number of amides is 1. The first-order valence-corrected chi connectivity index (χ1v) is 9.89. The highest BCUT2D eigenvalue weighted by Gasteiger charge is 2.17. The van der Waals surface area contributed by atoms with Crippen LogP contribution in [0, 0.1) is 11.6 Å². The van der Waals surface area contributed by atoms with Crippen LogP contribution in [0.2, 0.25) is 0 Å². The smallest absolute Gasteiger partial charge is 0.234 e. The van der Waals surface area contributed by atoms with Gasteiger partial charge < -0.3 is 5.32 Å². The van der Waals surface area contributed by atoms with Crippen LogP contribution in [-0.2, 0) is 4.79 Å². The maximum atomic E-state index is 13.7. The molecule has 1 amide bonds. The van der Waals surface area contributed by atoms with Gasteiger partial charge >= 0.3 is 0 Å². The van der Waals surface area contributed by atoms with Gasteiger partial charge in [0.15, 0.2) is 11.0 Å². The number of benzene rings is 2. The second-order valence-corrected chi connectivity index (χ2v) is 7.12. The minimum atomic E-state index is -0.706. The van der Waals surface area contributed by atoms with Gasteiger partial charge in [-0.25, -0.2) is 8.78 Å². The SMILES string of the molecule is O=C(CSc1nnc(-c2ccncc2)n1-c1ccccc1)Nc1cc(F)ccc1F. The number of carbonyl (C=O) groups is 1. The average Bonchev–Trinajstić information content (AvgIpc) is 3.20. The highest BCUT2D eigenvalue weighted by Crippen LogP contribution is 2.27. The fraction of sp³-hybridized carbons (Fsp3) is 0.0476. The largest absolute Gasteiger partial charge is 0.323 e. The molecule has 0 aliphatic carbocycles. The normalized spacial score (nSPS) is 10.7. The highest BCUT2D eigenvalue weighted by atomic mass is 32.2. The van der Waals surface area contributed by atoms with Gasteiger partial charge in [0.2, 0.25) is 5.91 Å².